The summed E-state index contributed by atoms with van der Waals surface area (Å²) >= 11 is 12.2. The third kappa shape index (κ3) is 6.98. The van der Waals surface area contributed by atoms with Crippen LogP contribution in [0.15, 0.2) is 72.8 Å². The molecule has 1 atom stereocenters. The molecule has 7 heteroatoms. The van der Waals surface area contributed by atoms with Gasteiger partial charge >= 0.3 is 0 Å². The van der Waals surface area contributed by atoms with Crippen LogP contribution in [0.2, 0.25) is 10.0 Å². The van der Waals surface area contributed by atoms with Crippen LogP contribution in [0.1, 0.15) is 23.6 Å². The SMILES string of the molecule is COc1ccc(CN(C(=O)Cc2ccc(Cl)cc2)[C@@H](C)C(=O)NCc2ccccc2Cl)cc1. The minimum Gasteiger partial charge on any atom is -0.497 e. The molecule has 0 bridgehead atoms. The number of ether oxygens (including phenoxy) is 1. The molecule has 0 fully saturated rings. The molecule has 3 rings (SSSR count). The first-order valence-electron chi connectivity index (χ1n) is 10.6. The molecule has 3 aromatic carbocycles. The molecule has 0 aliphatic rings. The lowest BCUT2D eigenvalue weighted by Gasteiger charge is -2.29. The van der Waals surface area contributed by atoms with Crippen LogP contribution in [-0.2, 0) is 29.1 Å². The number of methoxy groups -OCH3 is 1. The van der Waals surface area contributed by atoms with E-state index in [1.807, 2.05) is 54.6 Å². The lowest BCUT2D eigenvalue weighted by molar-refractivity contribution is -0.140. The smallest absolute Gasteiger partial charge is 0.242 e. The van der Waals surface area contributed by atoms with Gasteiger partial charge in [-0.3, -0.25) is 9.59 Å². The average Bonchev–Trinajstić information content (AvgIpc) is 2.83. The minimum absolute atomic E-state index is 0.159. The Balaban J connectivity index is 1.76. The predicted molar refractivity (Wildman–Crippen MR) is 131 cm³/mol. The molecule has 0 aliphatic carbocycles. The summed E-state index contributed by atoms with van der Waals surface area (Å²) in [7, 11) is 1.60. The van der Waals surface area contributed by atoms with E-state index in [1.54, 1.807) is 37.1 Å². The van der Waals surface area contributed by atoms with Crippen molar-refractivity contribution >= 4 is 35.0 Å². The summed E-state index contributed by atoms with van der Waals surface area (Å²) in [5.41, 5.74) is 2.53. The molecule has 0 unspecified atom stereocenters. The molecule has 5 nitrogen and oxygen atoms in total. The van der Waals surface area contributed by atoms with Gasteiger partial charge in [-0.05, 0) is 53.9 Å². The number of nitrogens with one attached hydrogen (secondary N) is 1. The standard InChI is InChI=1S/C26H26Cl2N2O3/c1-18(26(32)29-16-21-5-3-4-6-24(21)28)30(17-20-9-13-23(33-2)14-10-20)25(31)15-19-7-11-22(27)12-8-19/h3-14,18H,15-17H2,1-2H3,(H,29,32)/t18-/m0/s1. The maximum atomic E-state index is 13.3. The van der Waals surface area contributed by atoms with Crippen LogP contribution in [-0.4, -0.2) is 29.9 Å². The third-order valence-corrected chi connectivity index (χ3v) is 5.98. The molecule has 172 valence electrons. The molecule has 0 saturated carbocycles. The van der Waals surface area contributed by atoms with Crippen molar-refractivity contribution in [3.05, 3.63) is 99.5 Å². The molecule has 0 saturated heterocycles. The summed E-state index contributed by atoms with van der Waals surface area (Å²) < 4.78 is 5.21. The highest BCUT2D eigenvalue weighted by atomic mass is 35.5. The highest BCUT2D eigenvalue weighted by molar-refractivity contribution is 6.31. The number of amides is 2. The summed E-state index contributed by atoms with van der Waals surface area (Å²) in [6, 6.07) is 21.2. The summed E-state index contributed by atoms with van der Waals surface area (Å²) in [6.45, 7) is 2.30. The number of hydrogen-bond acceptors (Lipinski definition) is 3. The van der Waals surface area contributed by atoms with Crippen LogP contribution in [0.25, 0.3) is 0 Å². The molecule has 0 heterocycles. The van der Waals surface area contributed by atoms with Crippen molar-refractivity contribution in [3.63, 3.8) is 0 Å². The fourth-order valence-electron chi connectivity index (χ4n) is 3.36. The van der Waals surface area contributed by atoms with Gasteiger partial charge in [-0.2, -0.15) is 0 Å². The van der Waals surface area contributed by atoms with Crippen molar-refractivity contribution in [1.29, 1.82) is 0 Å². The van der Waals surface area contributed by atoms with Crippen LogP contribution in [0, 0.1) is 0 Å². The molecule has 0 aromatic heterocycles. The Morgan fingerprint density at radius 2 is 1.58 bits per heavy atom. The Morgan fingerprint density at radius 3 is 2.21 bits per heavy atom. The maximum absolute atomic E-state index is 13.3. The van der Waals surface area contributed by atoms with Gasteiger partial charge in [0.15, 0.2) is 0 Å². The van der Waals surface area contributed by atoms with E-state index in [1.165, 1.54) is 0 Å². The van der Waals surface area contributed by atoms with E-state index in [-0.39, 0.29) is 31.3 Å². The molecule has 33 heavy (non-hydrogen) atoms. The van der Waals surface area contributed by atoms with Crippen LogP contribution in [0.3, 0.4) is 0 Å². The Bertz CT molecular complexity index is 1090. The predicted octanol–water partition coefficient (Wildman–Crippen LogP) is 5.28. The highest BCUT2D eigenvalue weighted by Crippen LogP contribution is 2.18. The van der Waals surface area contributed by atoms with Crippen molar-refractivity contribution in [3.8, 4) is 5.75 Å². The summed E-state index contributed by atoms with van der Waals surface area (Å²) in [4.78, 5) is 27.8. The van der Waals surface area contributed by atoms with E-state index < -0.39 is 6.04 Å². The van der Waals surface area contributed by atoms with E-state index in [9.17, 15) is 9.59 Å². The van der Waals surface area contributed by atoms with Gasteiger partial charge in [-0.15, -0.1) is 0 Å². The van der Waals surface area contributed by atoms with Crippen LogP contribution >= 0.6 is 23.2 Å². The van der Waals surface area contributed by atoms with Gasteiger partial charge in [0, 0.05) is 23.1 Å². The number of hydrogen-bond donors (Lipinski definition) is 1. The third-order valence-electron chi connectivity index (χ3n) is 5.36. The van der Waals surface area contributed by atoms with E-state index in [4.69, 9.17) is 27.9 Å². The molecule has 3 aromatic rings. The number of carbonyl (C=O) groups excluding carboxylic acids is 2. The van der Waals surface area contributed by atoms with Crippen molar-refractivity contribution in [1.82, 2.24) is 10.2 Å². The van der Waals surface area contributed by atoms with Gasteiger partial charge in [0.05, 0.1) is 13.5 Å². The van der Waals surface area contributed by atoms with Crippen LogP contribution < -0.4 is 10.1 Å². The quantitative estimate of drug-likeness (QED) is 0.449. The second-order valence-electron chi connectivity index (χ2n) is 7.66. The molecular weight excluding hydrogens is 459 g/mol. The number of carbonyl (C=O) groups is 2. The number of nitrogens with zero attached hydrogens (tertiary/aromatic N) is 1. The first kappa shape index (κ1) is 24.6. The number of benzene rings is 3. The van der Waals surface area contributed by atoms with Gasteiger partial charge in [-0.1, -0.05) is 65.7 Å². The Kier molecular flexibility index (Phi) is 8.75. The zero-order valence-corrected chi connectivity index (χ0v) is 20.1. The molecule has 2 amide bonds. The average molecular weight is 485 g/mol. The lowest BCUT2D eigenvalue weighted by atomic mass is 10.1. The lowest BCUT2D eigenvalue weighted by Crippen LogP contribution is -2.48. The summed E-state index contributed by atoms with van der Waals surface area (Å²) in [5.74, 6) is 0.310. The summed E-state index contributed by atoms with van der Waals surface area (Å²) in [5, 5.41) is 4.08. The van der Waals surface area contributed by atoms with Crippen molar-refractivity contribution in [2.75, 3.05) is 7.11 Å². The van der Waals surface area contributed by atoms with E-state index >= 15 is 0 Å². The van der Waals surface area contributed by atoms with Crippen molar-refractivity contribution in [2.45, 2.75) is 32.5 Å². The fourth-order valence-corrected chi connectivity index (χ4v) is 3.69. The molecule has 1 N–H and O–H groups in total. The second kappa shape index (κ2) is 11.7. The molecular formula is C26H26Cl2N2O3. The molecule has 0 radical (unpaired) electrons. The Hall–Kier alpha value is -3.02. The number of rotatable bonds is 9. The first-order chi connectivity index (χ1) is 15.9. The maximum Gasteiger partial charge on any atom is 0.242 e. The van der Waals surface area contributed by atoms with Crippen LogP contribution in [0.4, 0.5) is 0 Å². The minimum atomic E-state index is -0.686. The highest BCUT2D eigenvalue weighted by Gasteiger charge is 2.26. The molecule has 0 aliphatic heterocycles. The topological polar surface area (TPSA) is 58.6 Å². The largest absolute Gasteiger partial charge is 0.497 e. The van der Waals surface area contributed by atoms with Crippen molar-refractivity contribution < 1.29 is 14.3 Å². The fraction of sp³-hybridized carbons (Fsp3) is 0.231. The normalized spacial score (nSPS) is 11.5. The zero-order valence-electron chi connectivity index (χ0n) is 18.6. The summed E-state index contributed by atoms with van der Waals surface area (Å²) in [6.07, 6.45) is 0.162. The van der Waals surface area contributed by atoms with E-state index in [2.05, 4.69) is 5.32 Å². The molecule has 0 spiro atoms. The van der Waals surface area contributed by atoms with Gasteiger partial charge < -0.3 is 15.0 Å². The van der Waals surface area contributed by atoms with Gasteiger partial charge in [0.25, 0.3) is 0 Å². The monoisotopic (exact) mass is 484 g/mol. The van der Waals surface area contributed by atoms with Gasteiger partial charge in [0.2, 0.25) is 11.8 Å². The van der Waals surface area contributed by atoms with Gasteiger partial charge in [0.1, 0.15) is 11.8 Å². The Morgan fingerprint density at radius 1 is 0.939 bits per heavy atom. The van der Waals surface area contributed by atoms with Crippen LogP contribution in [0.5, 0.6) is 5.75 Å². The number of halogens is 2. The van der Waals surface area contributed by atoms with Gasteiger partial charge in [-0.25, -0.2) is 0 Å². The Labute approximate surface area is 204 Å². The first-order valence-corrected chi connectivity index (χ1v) is 11.3. The van der Waals surface area contributed by atoms with Crippen molar-refractivity contribution in [2.24, 2.45) is 0 Å². The second-order valence-corrected chi connectivity index (χ2v) is 8.50. The zero-order chi connectivity index (χ0) is 23.8. The van der Waals surface area contributed by atoms with E-state index in [0.717, 1.165) is 22.4 Å². The van der Waals surface area contributed by atoms with E-state index in [0.29, 0.717) is 10.0 Å².